The summed E-state index contributed by atoms with van der Waals surface area (Å²) >= 11 is 0. The number of carbonyl (C=O) groups is 4. The van der Waals surface area contributed by atoms with Crippen LogP contribution in [0.25, 0.3) is 0 Å². The Balaban J connectivity index is 5.22. The van der Waals surface area contributed by atoms with Crippen molar-refractivity contribution in [2.24, 2.45) is 23.7 Å². The maximum Gasteiger partial charge on any atom is 0.472 e. The van der Waals surface area contributed by atoms with E-state index >= 15 is 0 Å². The van der Waals surface area contributed by atoms with Crippen LogP contribution in [0.2, 0.25) is 0 Å². The summed E-state index contributed by atoms with van der Waals surface area (Å²) in [6.45, 7) is 14.0. The van der Waals surface area contributed by atoms with E-state index in [1.165, 1.54) is 135 Å². The number of hydrogen-bond acceptors (Lipinski definition) is 15. The molecule has 6 atom stereocenters. The van der Waals surface area contributed by atoms with Crippen LogP contribution in [-0.4, -0.2) is 96.7 Å². The van der Waals surface area contributed by atoms with Gasteiger partial charge in [-0.05, 0) is 49.4 Å². The third kappa shape index (κ3) is 61.3. The number of rotatable bonds is 65. The van der Waals surface area contributed by atoms with E-state index in [2.05, 4.69) is 55.4 Å². The minimum Gasteiger partial charge on any atom is -0.462 e. The van der Waals surface area contributed by atoms with Crippen LogP contribution < -0.4 is 0 Å². The average Bonchev–Trinajstić information content (AvgIpc) is 3.68. The molecule has 0 aliphatic heterocycles. The molecule has 0 aromatic rings. The predicted molar refractivity (Wildman–Crippen MR) is 349 cm³/mol. The van der Waals surface area contributed by atoms with E-state index in [9.17, 15) is 43.2 Å². The lowest BCUT2D eigenvalue weighted by Gasteiger charge is -2.21. The van der Waals surface area contributed by atoms with Gasteiger partial charge in [-0.3, -0.25) is 37.3 Å². The van der Waals surface area contributed by atoms with E-state index in [0.29, 0.717) is 31.6 Å². The molecule has 17 nitrogen and oxygen atoms in total. The highest BCUT2D eigenvalue weighted by molar-refractivity contribution is 7.47. The number of aliphatic hydroxyl groups excluding tert-OH is 1. The second-order valence-corrected chi connectivity index (χ2v) is 29.1. The van der Waals surface area contributed by atoms with E-state index in [1.54, 1.807) is 0 Å². The maximum absolute atomic E-state index is 13.0. The van der Waals surface area contributed by atoms with Crippen molar-refractivity contribution < 1.29 is 80.2 Å². The van der Waals surface area contributed by atoms with Crippen molar-refractivity contribution in [3.8, 4) is 0 Å². The molecule has 0 saturated carbocycles. The first-order valence-corrected chi connectivity index (χ1v) is 38.2. The van der Waals surface area contributed by atoms with Crippen LogP contribution in [0.5, 0.6) is 0 Å². The van der Waals surface area contributed by atoms with E-state index in [4.69, 9.17) is 37.0 Å². The molecule has 0 saturated heterocycles. The standard InChI is InChI=1S/C68H132O17P2/c1-9-61(8)47-39-31-22-17-19-25-34-42-50-67(72)84-63(54-79-66(71)49-41-33-24-18-16-21-29-37-45-59(4)5)56-82-86(74,75)80-52-62(69)53-81-87(76,77)83-57-64(85-68(73)51-43-35-27-26-30-38-46-60(6)7)55-78-65(70)48-40-32-23-15-13-11-10-12-14-20-28-36-44-58(2)3/h58-64,69H,9-57H2,1-8H3,(H,74,75)(H,76,77)/t61?,62?,63-,64-/m1/s1. The number of phosphoric acid groups is 2. The molecule has 0 amide bonds. The highest BCUT2D eigenvalue weighted by Gasteiger charge is 2.30. The second kappa shape index (κ2) is 57.9. The Morgan fingerprint density at radius 3 is 0.816 bits per heavy atom. The number of unbranched alkanes of at least 4 members (excludes halogenated alkanes) is 30. The van der Waals surface area contributed by atoms with Gasteiger partial charge in [0, 0.05) is 25.7 Å². The van der Waals surface area contributed by atoms with Crippen LogP contribution in [-0.2, 0) is 65.4 Å². The smallest absolute Gasteiger partial charge is 0.462 e. The van der Waals surface area contributed by atoms with E-state index in [0.717, 1.165) is 108 Å². The van der Waals surface area contributed by atoms with E-state index < -0.39 is 97.5 Å². The Labute approximate surface area is 530 Å². The molecular weight excluding hydrogens is 1150 g/mol. The number of phosphoric ester groups is 2. The minimum atomic E-state index is -4.95. The van der Waals surface area contributed by atoms with Gasteiger partial charge >= 0.3 is 39.5 Å². The van der Waals surface area contributed by atoms with Gasteiger partial charge in [-0.1, -0.05) is 280 Å². The van der Waals surface area contributed by atoms with Crippen LogP contribution in [0.3, 0.4) is 0 Å². The van der Waals surface area contributed by atoms with Crippen molar-refractivity contribution >= 4 is 39.5 Å². The van der Waals surface area contributed by atoms with Crippen molar-refractivity contribution in [1.82, 2.24) is 0 Å². The fraction of sp³-hybridized carbons (Fsp3) is 0.941. The molecule has 87 heavy (non-hydrogen) atoms. The zero-order chi connectivity index (χ0) is 64.7. The zero-order valence-corrected chi connectivity index (χ0v) is 58.4. The van der Waals surface area contributed by atoms with Gasteiger partial charge in [0.15, 0.2) is 12.2 Å². The molecule has 0 radical (unpaired) electrons. The van der Waals surface area contributed by atoms with Crippen LogP contribution in [0.4, 0.5) is 0 Å². The zero-order valence-electron chi connectivity index (χ0n) is 56.6. The van der Waals surface area contributed by atoms with Crippen LogP contribution >= 0.6 is 15.6 Å². The van der Waals surface area contributed by atoms with Crippen molar-refractivity contribution in [3.63, 3.8) is 0 Å². The lowest BCUT2D eigenvalue weighted by Crippen LogP contribution is -2.30. The molecule has 19 heteroatoms. The summed E-state index contributed by atoms with van der Waals surface area (Å²) in [5, 5.41) is 10.6. The molecule has 4 unspecified atom stereocenters. The summed E-state index contributed by atoms with van der Waals surface area (Å²) in [4.78, 5) is 72.4. The molecule has 0 aliphatic rings. The fourth-order valence-corrected chi connectivity index (χ4v) is 11.7. The molecule has 0 rings (SSSR count). The summed E-state index contributed by atoms with van der Waals surface area (Å²) in [5.74, 6) is 0.809. The second-order valence-electron chi connectivity index (χ2n) is 26.2. The van der Waals surface area contributed by atoms with Crippen molar-refractivity contribution in [1.29, 1.82) is 0 Å². The third-order valence-corrected chi connectivity index (χ3v) is 17.8. The van der Waals surface area contributed by atoms with Gasteiger partial charge in [-0.25, -0.2) is 9.13 Å². The minimum absolute atomic E-state index is 0.101. The molecule has 0 aliphatic carbocycles. The normalized spacial score (nSPS) is 14.6. The number of ether oxygens (including phenoxy) is 4. The van der Waals surface area contributed by atoms with Crippen LogP contribution in [0, 0.1) is 23.7 Å². The highest BCUT2D eigenvalue weighted by atomic mass is 31.2. The van der Waals surface area contributed by atoms with Gasteiger partial charge < -0.3 is 33.8 Å². The molecule has 516 valence electrons. The van der Waals surface area contributed by atoms with Gasteiger partial charge in [0.05, 0.1) is 26.4 Å². The number of hydrogen-bond donors (Lipinski definition) is 3. The SMILES string of the molecule is CCC(C)CCCCCCCCCCC(=O)O[C@H](COC(=O)CCCCCCCCCCC(C)C)COP(=O)(O)OCC(O)COP(=O)(O)OC[C@@H](COC(=O)CCCCCCCCCCCCCCC(C)C)OC(=O)CCCCCCCCC(C)C. The number of aliphatic hydroxyl groups is 1. The van der Waals surface area contributed by atoms with Crippen molar-refractivity contribution in [3.05, 3.63) is 0 Å². The van der Waals surface area contributed by atoms with E-state index in [-0.39, 0.29) is 25.7 Å². The quantitative estimate of drug-likeness (QED) is 0.0222. The summed E-state index contributed by atoms with van der Waals surface area (Å²) < 4.78 is 68.1. The number of carbonyl (C=O) groups excluding carboxylic acids is 4. The molecule has 0 spiro atoms. The number of esters is 4. The Bertz CT molecular complexity index is 1730. The summed E-state index contributed by atoms with van der Waals surface area (Å²) in [6.07, 6.45) is 39.1. The lowest BCUT2D eigenvalue weighted by atomic mass is 9.99. The maximum atomic E-state index is 13.0. The van der Waals surface area contributed by atoms with Crippen LogP contribution in [0.15, 0.2) is 0 Å². The molecule has 0 aromatic carbocycles. The molecule has 0 bridgehead atoms. The lowest BCUT2D eigenvalue weighted by molar-refractivity contribution is -0.161. The summed E-state index contributed by atoms with van der Waals surface area (Å²) in [6, 6.07) is 0. The third-order valence-electron chi connectivity index (χ3n) is 15.9. The van der Waals surface area contributed by atoms with Gasteiger partial charge in [0.2, 0.25) is 0 Å². The van der Waals surface area contributed by atoms with Gasteiger partial charge in [0.1, 0.15) is 19.3 Å². The molecule has 0 heterocycles. The van der Waals surface area contributed by atoms with Gasteiger partial charge in [-0.2, -0.15) is 0 Å². The monoisotopic (exact) mass is 1280 g/mol. The Hall–Kier alpha value is -1.94. The molecule has 0 aromatic heterocycles. The van der Waals surface area contributed by atoms with Gasteiger partial charge in [0.25, 0.3) is 0 Å². The largest absolute Gasteiger partial charge is 0.472 e. The topological polar surface area (TPSA) is 237 Å². The van der Waals surface area contributed by atoms with Gasteiger partial charge in [-0.15, -0.1) is 0 Å². The predicted octanol–water partition coefficient (Wildman–Crippen LogP) is 18.9. The first-order valence-electron chi connectivity index (χ1n) is 35.2. The van der Waals surface area contributed by atoms with Crippen molar-refractivity contribution in [2.45, 2.75) is 350 Å². The Kier molecular flexibility index (Phi) is 56.6. The summed E-state index contributed by atoms with van der Waals surface area (Å²) in [7, 11) is -9.90. The first kappa shape index (κ1) is 85.1. The van der Waals surface area contributed by atoms with Crippen molar-refractivity contribution in [2.75, 3.05) is 39.6 Å². The fourth-order valence-electron chi connectivity index (χ4n) is 10.1. The Morgan fingerprint density at radius 2 is 0.552 bits per heavy atom. The van der Waals surface area contributed by atoms with E-state index in [1.807, 2.05) is 0 Å². The molecule has 3 N–H and O–H groups in total. The molecular formula is C68H132O17P2. The average molecular weight is 1280 g/mol. The Morgan fingerprint density at radius 1 is 0.322 bits per heavy atom. The molecule has 0 fully saturated rings. The first-order chi connectivity index (χ1) is 41.6. The summed E-state index contributed by atoms with van der Waals surface area (Å²) in [5.41, 5.74) is 0. The highest BCUT2D eigenvalue weighted by Crippen LogP contribution is 2.45. The van der Waals surface area contributed by atoms with Crippen LogP contribution in [0.1, 0.15) is 331 Å².